The molecule has 0 aromatic heterocycles. The van der Waals surface area contributed by atoms with Crippen LogP contribution in [0.25, 0.3) is 0 Å². The zero-order valence-corrected chi connectivity index (χ0v) is 13.9. The fourth-order valence-corrected chi connectivity index (χ4v) is 2.47. The third kappa shape index (κ3) is 5.51. The summed E-state index contributed by atoms with van der Waals surface area (Å²) in [5.74, 6) is 1.10. The van der Waals surface area contributed by atoms with Crippen molar-refractivity contribution in [2.75, 3.05) is 19.7 Å². The van der Waals surface area contributed by atoms with Gasteiger partial charge in [0, 0.05) is 11.0 Å². The molecule has 0 aliphatic carbocycles. The second kappa shape index (κ2) is 8.27. The first-order valence-electron chi connectivity index (χ1n) is 6.82. The van der Waals surface area contributed by atoms with Gasteiger partial charge in [-0.25, -0.2) is 0 Å². The highest BCUT2D eigenvalue weighted by atomic mass is 79.9. The zero-order valence-electron chi connectivity index (χ0n) is 12.3. The van der Waals surface area contributed by atoms with Gasteiger partial charge >= 0.3 is 0 Å². The lowest BCUT2D eigenvalue weighted by Crippen LogP contribution is -2.32. The van der Waals surface area contributed by atoms with E-state index in [1.54, 1.807) is 0 Å². The van der Waals surface area contributed by atoms with E-state index in [4.69, 9.17) is 10.5 Å². The Bertz CT molecular complexity index is 461. The Morgan fingerprint density at radius 2 is 2.15 bits per heavy atom. The quantitative estimate of drug-likeness (QED) is 0.799. The van der Waals surface area contributed by atoms with E-state index in [-0.39, 0.29) is 12.5 Å². The molecule has 0 aliphatic rings. The Morgan fingerprint density at radius 1 is 1.45 bits per heavy atom. The van der Waals surface area contributed by atoms with Crippen molar-refractivity contribution in [3.63, 3.8) is 0 Å². The highest BCUT2D eigenvalue weighted by Crippen LogP contribution is 2.28. The summed E-state index contributed by atoms with van der Waals surface area (Å²) in [5, 5.41) is 2.84. The summed E-state index contributed by atoms with van der Waals surface area (Å²) in [4.78, 5) is 11.7. The van der Waals surface area contributed by atoms with Crippen LogP contribution in [0.2, 0.25) is 0 Å². The number of nitrogens with one attached hydrogen (secondary N) is 1. The van der Waals surface area contributed by atoms with Gasteiger partial charge in [0.1, 0.15) is 5.75 Å². The molecular formula is C15H23BrN2O2. The molecule has 0 aliphatic heterocycles. The van der Waals surface area contributed by atoms with Crippen LogP contribution in [-0.2, 0) is 11.2 Å². The number of amides is 1. The number of nitrogens with two attached hydrogens (primary N) is 1. The number of carbonyl (C=O) groups is 1. The Morgan fingerprint density at radius 3 is 2.75 bits per heavy atom. The molecule has 5 heteroatoms. The standard InChI is InChI=1S/C15H23BrN2O2/c1-10(2)8-18-14(19)9-20-15-11(3)6-13(16)7-12(15)4-5-17/h6-7,10H,4-5,8-9,17H2,1-3H3,(H,18,19). The van der Waals surface area contributed by atoms with E-state index in [9.17, 15) is 4.79 Å². The minimum Gasteiger partial charge on any atom is -0.483 e. The second-order valence-electron chi connectivity index (χ2n) is 5.24. The summed E-state index contributed by atoms with van der Waals surface area (Å²) >= 11 is 3.46. The maximum Gasteiger partial charge on any atom is 0.257 e. The zero-order chi connectivity index (χ0) is 15.1. The molecule has 0 fully saturated rings. The average molecular weight is 343 g/mol. The van der Waals surface area contributed by atoms with Crippen molar-refractivity contribution in [2.45, 2.75) is 27.2 Å². The van der Waals surface area contributed by atoms with Crippen molar-refractivity contribution in [3.05, 3.63) is 27.7 Å². The summed E-state index contributed by atoms with van der Waals surface area (Å²) in [6.07, 6.45) is 0.725. The molecule has 0 unspecified atom stereocenters. The molecule has 0 heterocycles. The number of carbonyl (C=O) groups excluding carboxylic acids is 1. The molecule has 1 amide bonds. The van der Waals surface area contributed by atoms with Crippen LogP contribution in [0.5, 0.6) is 5.75 Å². The van der Waals surface area contributed by atoms with Crippen LogP contribution in [0.15, 0.2) is 16.6 Å². The number of aryl methyl sites for hydroxylation is 1. The van der Waals surface area contributed by atoms with Gasteiger partial charge in [0.15, 0.2) is 6.61 Å². The van der Waals surface area contributed by atoms with Gasteiger partial charge in [-0.1, -0.05) is 29.8 Å². The van der Waals surface area contributed by atoms with Crippen LogP contribution in [0.4, 0.5) is 0 Å². The third-order valence-electron chi connectivity index (χ3n) is 2.79. The molecular weight excluding hydrogens is 320 g/mol. The van der Waals surface area contributed by atoms with Crippen LogP contribution < -0.4 is 15.8 Å². The van der Waals surface area contributed by atoms with Gasteiger partial charge in [-0.05, 0) is 49.1 Å². The molecule has 20 heavy (non-hydrogen) atoms. The Balaban J connectivity index is 2.69. The second-order valence-corrected chi connectivity index (χ2v) is 6.15. The molecule has 0 bridgehead atoms. The minimum absolute atomic E-state index is 0.0345. The summed E-state index contributed by atoms with van der Waals surface area (Å²) in [5.41, 5.74) is 7.64. The number of hydrogen-bond acceptors (Lipinski definition) is 3. The van der Waals surface area contributed by atoms with Crippen molar-refractivity contribution in [2.24, 2.45) is 11.7 Å². The van der Waals surface area contributed by atoms with Crippen LogP contribution >= 0.6 is 15.9 Å². The molecule has 0 spiro atoms. The van der Waals surface area contributed by atoms with Gasteiger partial charge in [-0.3, -0.25) is 4.79 Å². The fraction of sp³-hybridized carbons (Fsp3) is 0.533. The van der Waals surface area contributed by atoms with Crippen LogP contribution in [-0.4, -0.2) is 25.6 Å². The Kier molecular flexibility index (Phi) is 7.02. The summed E-state index contributed by atoms with van der Waals surface area (Å²) in [6, 6.07) is 3.96. The molecule has 0 saturated carbocycles. The van der Waals surface area contributed by atoms with Gasteiger partial charge in [0.2, 0.25) is 0 Å². The minimum atomic E-state index is -0.0975. The van der Waals surface area contributed by atoms with E-state index < -0.39 is 0 Å². The van der Waals surface area contributed by atoms with Gasteiger partial charge in [-0.15, -0.1) is 0 Å². The maximum atomic E-state index is 11.7. The maximum absolute atomic E-state index is 11.7. The molecule has 1 aromatic carbocycles. The van der Waals surface area contributed by atoms with E-state index >= 15 is 0 Å². The van der Waals surface area contributed by atoms with Crippen LogP contribution in [0.1, 0.15) is 25.0 Å². The largest absolute Gasteiger partial charge is 0.483 e. The molecule has 3 N–H and O–H groups in total. The molecule has 1 rings (SSSR count). The number of ether oxygens (including phenoxy) is 1. The monoisotopic (exact) mass is 342 g/mol. The van der Waals surface area contributed by atoms with E-state index in [1.165, 1.54) is 0 Å². The van der Waals surface area contributed by atoms with Crippen molar-refractivity contribution in [3.8, 4) is 5.75 Å². The Labute approximate surface area is 129 Å². The third-order valence-corrected chi connectivity index (χ3v) is 3.24. The summed E-state index contributed by atoms with van der Waals surface area (Å²) < 4.78 is 6.68. The number of benzene rings is 1. The lowest BCUT2D eigenvalue weighted by molar-refractivity contribution is -0.123. The van der Waals surface area contributed by atoms with Gasteiger partial charge in [0.25, 0.3) is 5.91 Å². The SMILES string of the molecule is Cc1cc(Br)cc(CCN)c1OCC(=O)NCC(C)C. The highest BCUT2D eigenvalue weighted by Gasteiger charge is 2.11. The van der Waals surface area contributed by atoms with E-state index in [1.807, 2.05) is 19.1 Å². The lowest BCUT2D eigenvalue weighted by atomic mass is 10.1. The van der Waals surface area contributed by atoms with Gasteiger partial charge < -0.3 is 15.8 Å². The van der Waals surface area contributed by atoms with Crippen LogP contribution in [0.3, 0.4) is 0 Å². The normalized spacial score (nSPS) is 10.7. The Hall–Kier alpha value is -1.07. The summed E-state index contributed by atoms with van der Waals surface area (Å²) in [6.45, 7) is 7.32. The van der Waals surface area contributed by atoms with Crippen LogP contribution in [0, 0.1) is 12.8 Å². The smallest absolute Gasteiger partial charge is 0.257 e. The van der Waals surface area contributed by atoms with Gasteiger partial charge in [0.05, 0.1) is 0 Å². The van der Waals surface area contributed by atoms with E-state index in [2.05, 4.69) is 35.1 Å². The van der Waals surface area contributed by atoms with E-state index in [0.717, 1.165) is 27.8 Å². The number of hydrogen-bond donors (Lipinski definition) is 2. The topological polar surface area (TPSA) is 64.3 Å². The first kappa shape index (κ1) is 17.0. The number of rotatable bonds is 7. The molecule has 112 valence electrons. The average Bonchev–Trinajstić information content (AvgIpc) is 2.35. The molecule has 4 nitrogen and oxygen atoms in total. The lowest BCUT2D eigenvalue weighted by Gasteiger charge is -2.15. The predicted molar refractivity (Wildman–Crippen MR) is 85.0 cm³/mol. The van der Waals surface area contributed by atoms with Gasteiger partial charge in [-0.2, -0.15) is 0 Å². The van der Waals surface area contributed by atoms with E-state index in [0.29, 0.717) is 19.0 Å². The summed E-state index contributed by atoms with van der Waals surface area (Å²) in [7, 11) is 0. The highest BCUT2D eigenvalue weighted by molar-refractivity contribution is 9.10. The molecule has 0 atom stereocenters. The first-order chi connectivity index (χ1) is 9.43. The molecule has 0 saturated heterocycles. The number of halogens is 1. The van der Waals surface area contributed by atoms with Crippen molar-refractivity contribution < 1.29 is 9.53 Å². The fourth-order valence-electron chi connectivity index (χ4n) is 1.85. The first-order valence-corrected chi connectivity index (χ1v) is 7.62. The van der Waals surface area contributed by atoms with Crippen molar-refractivity contribution >= 4 is 21.8 Å². The molecule has 1 aromatic rings. The van der Waals surface area contributed by atoms with Crippen molar-refractivity contribution in [1.82, 2.24) is 5.32 Å². The predicted octanol–water partition coefficient (Wildman–Crippen LogP) is 2.41. The van der Waals surface area contributed by atoms with Crippen molar-refractivity contribution in [1.29, 1.82) is 0 Å². The molecule has 0 radical (unpaired) electrons.